The van der Waals surface area contributed by atoms with E-state index in [-0.39, 0.29) is 35.7 Å². The Balaban J connectivity index is 1.44. The molecule has 3 rings (SSSR count). The van der Waals surface area contributed by atoms with Crippen molar-refractivity contribution >= 4 is 21.8 Å². The standard InChI is InChI=1S/C22H32FN3O4S/c1-2-3-16-31(29,30)26-10-8-19(9-11-26)22(28)25-14-12-24(13-15-25)21(27)17-18-4-6-20(23)7-5-18/h4-7,19H,2-3,8-17H2,1H3. The first-order valence-corrected chi connectivity index (χ1v) is 12.7. The van der Waals surface area contributed by atoms with Gasteiger partial charge in [0.2, 0.25) is 21.8 Å². The van der Waals surface area contributed by atoms with E-state index in [1.807, 2.05) is 6.92 Å². The van der Waals surface area contributed by atoms with Crippen LogP contribution in [0.5, 0.6) is 0 Å². The summed E-state index contributed by atoms with van der Waals surface area (Å²) in [5, 5.41) is 0. The molecule has 0 bridgehead atoms. The number of nitrogens with zero attached hydrogens (tertiary/aromatic N) is 3. The molecule has 2 amide bonds. The zero-order valence-corrected chi connectivity index (χ0v) is 18.9. The van der Waals surface area contributed by atoms with Crippen LogP contribution in [0.1, 0.15) is 38.2 Å². The minimum absolute atomic E-state index is 0.0238. The third kappa shape index (κ3) is 6.26. The van der Waals surface area contributed by atoms with Crippen LogP contribution < -0.4 is 0 Å². The zero-order chi connectivity index (χ0) is 22.4. The predicted octanol–water partition coefficient (Wildman–Crippen LogP) is 1.88. The Labute approximate surface area is 184 Å². The number of piperazine rings is 1. The van der Waals surface area contributed by atoms with Crippen molar-refractivity contribution in [3.63, 3.8) is 0 Å². The number of sulfonamides is 1. The summed E-state index contributed by atoms with van der Waals surface area (Å²) in [6, 6.07) is 5.92. The smallest absolute Gasteiger partial charge is 0.227 e. The maximum atomic E-state index is 13.0. The largest absolute Gasteiger partial charge is 0.339 e. The molecular formula is C22H32FN3O4S. The van der Waals surface area contributed by atoms with Crippen LogP contribution in [0.2, 0.25) is 0 Å². The van der Waals surface area contributed by atoms with Gasteiger partial charge in [-0.15, -0.1) is 0 Å². The summed E-state index contributed by atoms with van der Waals surface area (Å²) in [6.45, 7) is 4.71. The van der Waals surface area contributed by atoms with E-state index in [0.29, 0.717) is 58.5 Å². The molecule has 0 N–H and O–H groups in total. The lowest BCUT2D eigenvalue weighted by atomic mass is 9.96. The van der Waals surface area contributed by atoms with E-state index in [4.69, 9.17) is 0 Å². The fourth-order valence-electron chi connectivity index (χ4n) is 4.16. The second kappa shape index (κ2) is 10.5. The fraction of sp³-hybridized carbons (Fsp3) is 0.636. The average molecular weight is 454 g/mol. The highest BCUT2D eigenvalue weighted by molar-refractivity contribution is 7.89. The fourth-order valence-corrected chi connectivity index (χ4v) is 5.84. The van der Waals surface area contributed by atoms with E-state index in [1.54, 1.807) is 21.9 Å². The van der Waals surface area contributed by atoms with E-state index in [0.717, 1.165) is 12.0 Å². The Bertz CT molecular complexity index is 859. The molecule has 2 aliphatic rings. The summed E-state index contributed by atoms with van der Waals surface area (Å²) < 4.78 is 39.2. The van der Waals surface area contributed by atoms with Gasteiger partial charge in [-0.25, -0.2) is 17.1 Å². The Morgan fingerprint density at radius 2 is 1.55 bits per heavy atom. The van der Waals surface area contributed by atoms with E-state index < -0.39 is 10.0 Å². The molecule has 0 unspecified atom stereocenters. The van der Waals surface area contributed by atoms with Crippen molar-refractivity contribution in [3.8, 4) is 0 Å². The van der Waals surface area contributed by atoms with Gasteiger partial charge < -0.3 is 9.80 Å². The maximum absolute atomic E-state index is 13.0. The second-order valence-corrected chi connectivity index (χ2v) is 10.4. The number of hydrogen-bond acceptors (Lipinski definition) is 4. The highest BCUT2D eigenvalue weighted by atomic mass is 32.2. The van der Waals surface area contributed by atoms with Crippen LogP contribution >= 0.6 is 0 Å². The number of piperidine rings is 1. The Hall–Kier alpha value is -2.00. The van der Waals surface area contributed by atoms with E-state index in [1.165, 1.54) is 16.4 Å². The van der Waals surface area contributed by atoms with E-state index in [2.05, 4.69) is 0 Å². The summed E-state index contributed by atoms with van der Waals surface area (Å²) >= 11 is 0. The van der Waals surface area contributed by atoms with Crippen molar-refractivity contribution in [1.29, 1.82) is 0 Å². The molecule has 7 nitrogen and oxygen atoms in total. The zero-order valence-electron chi connectivity index (χ0n) is 18.1. The first kappa shape index (κ1) is 23.7. The van der Waals surface area contributed by atoms with Gasteiger partial charge in [0.25, 0.3) is 0 Å². The highest BCUT2D eigenvalue weighted by Crippen LogP contribution is 2.23. The maximum Gasteiger partial charge on any atom is 0.227 e. The molecule has 2 aliphatic heterocycles. The molecule has 1 aromatic carbocycles. The summed E-state index contributed by atoms with van der Waals surface area (Å²) in [4.78, 5) is 28.9. The molecule has 2 heterocycles. The number of amides is 2. The van der Waals surface area contributed by atoms with Crippen molar-refractivity contribution in [3.05, 3.63) is 35.6 Å². The summed E-state index contributed by atoms with van der Waals surface area (Å²) in [5.41, 5.74) is 0.769. The molecule has 2 fully saturated rings. The van der Waals surface area contributed by atoms with Gasteiger partial charge in [-0.1, -0.05) is 25.5 Å². The molecule has 31 heavy (non-hydrogen) atoms. The van der Waals surface area contributed by atoms with Crippen LogP contribution in [-0.2, 0) is 26.0 Å². The van der Waals surface area contributed by atoms with Crippen molar-refractivity contribution in [1.82, 2.24) is 14.1 Å². The second-order valence-electron chi connectivity index (χ2n) is 8.35. The molecule has 2 saturated heterocycles. The molecule has 0 aliphatic carbocycles. The molecule has 0 atom stereocenters. The van der Waals surface area contributed by atoms with Crippen LogP contribution in [-0.4, -0.2) is 79.4 Å². The number of benzene rings is 1. The monoisotopic (exact) mass is 453 g/mol. The van der Waals surface area contributed by atoms with Crippen LogP contribution in [0.3, 0.4) is 0 Å². The summed E-state index contributed by atoms with van der Waals surface area (Å²) in [6.07, 6.45) is 2.82. The SMILES string of the molecule is CCCCS(=O)(=O)N1CCC(C(=O)N2CCN(C(=O)Cc3ccc(F)cc3)CC2)CC1. The minimum atomic E-state index is -3.22. The van der Waals surface area contributed by atoms with Crippen molar-refractivity contribution < 1.29 is 22.4 Å². The van der Waals surface area contributed by atoms with Crippen LogP contribution in [0.25, 0.3) is 0 Å². The van der Waals surface area contributed by atoms with Crippen LogP contribution in [0.4, 0.5) is 4.39 Å². The topological polar surface area (TPSA) is 78.0 Å². The van der Waals surface area contributed by atoms with Crippen molar-refractivity contribution in [2.45, 2.75) is 39.0 Å². The molecular weight excluding hydrogens is 421 g/mol. The normalized spacial score (nSPS) is 18.9. The van der Waals surface area contributed by atoms with E-state index >= 15 is 0 Å². The molecule has 9 heteroatoms. The van der Waals surface area contributed by atoms with Crippen molar-refractivity contribution in [2.24, 2.45) is 5.92 Å². The van der Waals surface area contributed by atoms with E-state index in [9.17, 15) is 22.4 Å². The molecule has 0 spiro atoms. The van der Waals surface area contributed by atoms with Crippen molar-refractivity contribution in [2.75, 3.05) is 45.0 Å². The van der Waals surface area contributed by atoms with Gasteiger partial charge in [0.05, 0.1) is 12.2 Å². The number of carbonyl (C=O) groups is 2. The Morgan fingerprint density at radius 1 is 0.968 bits per heavy atom. The molecule has 1 aromatic rings. The third-order valence-corrected chi connectivity index (χ3v) is 8.12. The van der Waals surface area contributed by atoms with Gasteiger partial charge in [0, 0.05) is 45.2 Å². The van der Waals surface area contributed by atoms with Gasteiger partial charge in [0.1, 0.15) is 5.82 Å². The lowest BCUT2D eigenvalue weighted by molar-refractivity contribution is -0.142. The van der Waals surface area contributed by atoms with Crippen LogP contribution in [0, 0.1) is 11.7 Å². The minimum Gasteiger partial charge on any atom is -0.339 e. The number of carbonyl (C=O) groups excluding carboxylic acids is 2. The Kier molecular flexibility index (Phi) is 8.05. The predicted molar refractivity (Wildman–Crippen MR) is 116 cm³/mol. The van der Waals surface area contributed by atoms with Crippen LogP contribution in [0.15, 0.2) is 24.3 Å². The average Bonchev–Trinajstić information content (AvgIpc) is 2.79. The number of rotatable bonds is 7. The molecule has 0 aromatic heterocycles. The lowest BCUT2D eigenvalue weighted by Crippen LogP contribution is -2.53. The molecule has 0 saturated carbocycles. The summed E-state index contributed by atoms with van der Waals surface area (Å²) in [5.74, 6) is -0.261. The van der Waals surface area contributed by atoms with Gasteiger partial charge in [-0.3, -0.25) is 9.59 Å². The number of hydrogen-bond donors (Lipinski definition) is 0. The number of unbranched alkanes of at least 4 members (excludes halogenated alkanes) is 1. The highest BCUT2D eigenvalue weighted by Gasteiger charge is 2.34. The molecule has 172 valence electrons. The molecule has 0 radical (unpaired) electrons. The quantitative estimate of drug-likeness (QED) is 0.632. The van der Waals surface area contributed by atoms with Gasteiger partial charge in [-0.05, 0) is 37.0 Å². The number of halogens is 1. The first-order chi connectivity index (χ1) is 14.8. The Morgan fingerprint density at radius 3 is 2.13 bits per heavy atom. The lowest BCUT2D eigenvalue weighted by Gasteiger charge is -2.38. The third-order valence-electron chi connectivity index (χ3n) is 6.17. The summed E-state index contributed by atoms with van der Waals surface area (Å²) in [7, 11) is -3.22. The van der Waals surface area contributed by atoms with Gasteiger partial charge >= 0.3 is 0 Å². The van der Waals surface area contributed by atoms with Gasteiger partial charge in [-0.2, -0.15) is 0 Å². The van der Waals surface area contributed by atoms with Gasteiger partial charge in [0.15, 0.2) is 0 Å². The first-order valence-electron chi connectivity index (χ1n) is 11.1.